The molecule has 0 aliphatic carbocycles. The van der Waals surface area contributed by atoms with Gasteiger partial charge in [-0.2, -0.15) is 0 Å². The van der Waals surface area contributed by atoms with Crippen LogP contribution in [-0.2, 0) is 5.41 Å². The second kappa shape index (κ2) is 4.90. The molecule has 1 aliphatic rings. The normalized spacial score (nSPS) is 18.5. The highest BCUT2D eigenvalue weighted by molar-refractivity contribution is 6.30. The van der Waals surface area contributed by atoms with Gasteiger partial charge in [-0.25, -0.2) is 0 Å². The van der Waals surface area contributed by atoms with Gasteiger partial charge < -0.3 is 4.90 Å². The number of rotatable bonds is 0. The topological polar surface area (TPSA) is 3.24 Å². The van der Waals surface area contributed by atoms with E-state index in [1.165, 1.54) is 11.3 Å². The molecule has 0 atom stereocenters. The third kappa shape index (κ3) is 2.46. The van der Waals surface area contributed by atoms with Gasteiger partial charge in [-0.3, -0.25) is 0 Å². The average molecular weight is 322 g/mol. The summed E-state index contributed by atoms with van der Waals surface area (Å²) < 4.78 is 0. The standard InChI is InChI=1S/C20H32ClN/c1-17(2,3)20(18(4,5)6)13-22(19(7,8)9)16-12-14(21)10-11-15(16)20/h10-12H,13H2,1-9H3. The first-order valence-electron chi connectivity index (χ1n) is 8.29. The average Bonchev–Trinajstić information content (AvgIpc) is 2.62. The first-order chi connectivity index (χ1) is 9.72. The molecule has 0 saturated carbocycles. The summed E-state index contributed by atoms with van der Waals surface area (Å²) in [5.74, 6) is 0. The highest BCUT2D eigenvalue weighted by Gasteiger charge is 2.58. The number of fused-ring (bicyclic) bond motifs is 1. The van der Waals surface area contributed by atoms with Gasteiger partial charge in [0.15, 0.2) is 0 Å². The van der Waals surface area contributed by atoms with Gasteiger partial charge in [-0.15, -0.1) is 0 Å². The van der Waals surface area contributed by atoms with Crippen LogP contribution in [0.25, 0.3) is 0 Å². The van der Waals surface area contributed by atoms with E-state index in [2.05, 4.69) is 85.4 Å². The Morgan fingerprint density at radius 1 is 0.909 bits per heavy atom. The molecule has 0 amide bonds. The Bertz CT molecular complexity index is 553. The molecule has 1 aliphatic heterocycles. The number of hydrogen-bond donors (Lipinski definition) is 0. The highest BCUT2D eigenvalue weighted by Crippen LogP contribution is 2.60. The van der Waals surface area contributed by atoms with Crippen LogP contribution >= 0.6 is 11.6 Å². The summed E-state index contributed by atoms with van der Waals surface area (Å²) in [5, 5.41) is 0.826. The number of nitrogens with zero attached hydrogens (tertiary/aromatic N) is 1. The van der Waals surface area contributed by atoms with Crippen molar-refractivity contribution in [2.24, 2.45) is 10.8 Å². The molecule has 0 bridgehead atoms. The number of anilines is 1. The number of benzene rings is 1. The summed E-state index contributed by atoms with van der Waals surface area (Å²) in [6.45, 7) is 22.2. The molecule has 1 heterocycles. The second-order valence-corrected chi connectivity index (χ2v) is 10.3. The summed E-state index contributed by atoms with van der Waals surface area (Å²) in [6, 6.07) is 6.47. The minimum Gasteiger partial charge on any atom is -0.365 e. The van der Waals surface area contributed by atoms with Crippen LogP contribution in [0.2, 0.25) is 5.02 Å². The van der Waals surface area contributed by atoms with E-state index in [1.807, 2.05) is 0 Å². The fraction of sp³-hybridized carbons (Fsp3) is 0.700. The lowest BCUT2D eigenvalue weighted by Crippen LogP contribution is -2.55. The van der Waals surface area contributed by atoms with Crippen molar-refractivity contribution in [1.29, 1.82) is 0 Å². The second-order valence-electron chi connectivity index (χ2n) is 9.82. The van der Waals surface area contributed by atoms with E-state index < -0.39 is 0 Å². The summed E-state index contributed by atoms with van der Waals surface area (Å²) >= 11 is 6.33. The van der Waals surface area contributed by atoms with Crippen LogP contribution in [0, 0.1) is 10.8 Å². The van der Waals surface area contributed by atoms with Gasteiger partial charge in [0.2, 0.25) is 0 Å². The van der Waals surface area contributed by atoms with Crippen molar-refractivity contribution in [3.8, 4) is 0 Å². The first kappa shape index (κ1) is 17.7. The minimum atomic E-state index is 0.0810. The van der Waals surface area contributed by atoms with E-state index in [1.54, 1.807) is 0 Å². The molecule has 2 heteroatoms. The van der Waals surface area contributed by atoms with Crippen LogP contribution in [0.4, 0.5) is 5.69 Å². The summed E-state index contributed by atoms with van der Waals surface area (Å²) in [4.78, 5) is 2.55. The van der Waals surface area contributed by atoms with Crippen molar-refractivity contribution in [3.63, 3.8) is 0 Å². The largest absolute Gasteiger partial charge is 0.365 e. The lowest BCUT2D eigenvalue weighted by Gasteiger charge is -2.52. The third-order valence-corrected chi connectivity index (χ3v) is 5.71. The molecule has 1 aromatic rings. The summed E-state index contributed by atoms with van der Waals surface area (Å²) in [5.41, 5.74) is 3.25. The van der Waals surface area contributed by atoms with Crippen molar-refractivity contribution in [1.82, 2.24) is 0 Å². The molecule has 0 fully saturated rings. The third-order valence-electron chi connectivity index (χ3n) is 5.48. The minimum absolute atomic E-state index is 0.0810. The number of hydrogen-bond acceptors (Lipinski definition) is 1. The van der Waals surface area contributed by atoms with E-state index >= 15 is 0 Å². The molecule has 0 spiro atoms. The molecule has 2 rings (SSSR count). The zero-order chi connectivity index (χ0) is 17.1. The van der Waals surface area contributed by atoms with Gasteiger partial charge in [0.25, 0.3) is 0 Å². The van der Waals surface area contributed by atoms with Gasteiger partial charge >= 0.3 is 0 Å². The Morgan fingerprint density at radius 3 is 1.82 bits per heavy atom. The molecule has 1 aromatic carbocycles. The van der Waals surface area contributed by atoms with E-state index in [9.17, 15) is 0 Å². The van der Waals surface area contributed by atoms with Crippen LogP contribution in [0.5, 0.6) is 0 Å². The maximum absolute atomic E-state index is 6.33. The van der Waals surface area contributed by atoms with Crippen molar-refractivity contribution in [2.75, 3.05) is 11.4 Å². The molecule has 0 saturated heterocycles. The van der Waals surface area contributed by atoms with Crippen LogP contribution in [0.3, 0.4) is 0 Å². The van der Waals surface area contributed by atoms with Crippen LogP contribution < -0.4 is 4.90 Å². The van der Waals surface area contributed by atoms with Crippen LogP contribution in [0.15, 0.2) is 18.2 Å². The molecule has 0 aromatic heterocycles. The Kier molecular flexibility index (Phi) is 3.93. The Balaban J connectivity index is 2.81. The lowest BCUT2D eigenvalue weighted by atomic mass is 9.52. The molecular formula is C20H32ClN. The molecule has 1 nitrogen and oxygen atoms in total. The van der Waals surface area contributed by atoms with E-state index in [-0.39, 0.29) is 21.8 Å². The van der Waals surface area contributed by atoms with Crippen molar-refractivity contribution in [2.45, 2.75) is 73.3 Å². The highest BCUT2D eigenvalue weighted by atomic mass is 35.5. The Labute approximate surface area is 142 Å². The number of halogens is 1. The van der Waals surface area contributed by atoms with Crippen molar-refractivity contribution >= 4 is 17.3 Å². The lowest BCUT2D eigenvalue weighted by molar-refractivity contribution is 0.0636. The molecule has 0 unspecified atom stereocenters. The zero-order valence-electron chi connectivity index (χ0n) is 15.8. The predicted molar refractivity (Wildman–Crippen MR) is 99.1 cm³/mol. The van der Waals surface area contributed by atoms with Gasteiger partial charge in [0, 0.05) is 28.2 Å². The molecular weight excluding hydrogens is 290 g/mol. The zero-order valence-corrected chi connectivity index (χ0v) is 16.5. The Hall–Kier alpha value is -0.690. The van der Waals surface area contributed by atoms with E-state index in [4.69, 9.17) is 11.6 Å². The summed E-state index contributed by atoms with van der Waals surface area (Å²) in [6.07, 6.45) is 0. The molecule has 124 valence electrons. The summed E-state index contributed by atoms with van der Waals surface area (Å²) in [7, 11) is 0. The monoisotopic (exact) mass is 321 g/mol. The fourth-order valence-corrected chi connectivity index (χ4v) is 4.67. The van der Waals surface area contributed by atoms with Gasteiger partial charge in [0.05, 0.1) is 0 Å². The predicted octanol–water partition coefficient (Wildman–Crippen LogP) is 6.29. The molecule has 22 heavy (non-hydrogen) atoms. The van der Waals surface area contributed by atoms with Gasteiger partial charge in [0.1, 0.15) is 0 Å². The molecule has 0 radical (unpaired) electrons. The smallest absolute Gasteiger partial charge is 0.0426 e. The van der Waals surface area contributed by atoms with E-state index in [0.717, 1.165) is 11.6 Å². The van der Waals surface area contributed by atoms with Crippen LogP contribution in [0.1, 0.15) is 67.9 Å². The van der Waals surface area contributed by atoms with Gasteiger partial charge in [-0.05, 0) is 49.3 Å². The molecule has 0 N–H and O–H groups in total. The van der Waals surface area contributed by atoms with Gasteiger partial charge in [-0.1, -0.05) is 59.2 Å². The van der Waals surface area contributed by atoms with Crippen molar-refractivity contribution < 1.29 is 0 Å². The van der Waals surface area contributed by atoms with Crippen LogP contribution in [-0.4, -0.2) is 12.1 Å². The quantitative estimate of drug-likeness (QED) is 0.543. The Morgan fingerprint density at radius 2 is 1.41 bits per heavy atom. The maximum atomic E-state index is 6.33. The fourth-order valence-electron chi connectivity index (χ4n) is 4.50. The SMILES string of the molecule is CC(C)(C)N1CC(C(C)(C)C)(C(C)(C)C)c2ccc(Cl)cc21. The maximum Gasteiger partial charge on any atom is 0.0426 e. The first-order valence-corrected chi connectivity index (χ1v) is 8.67. The van der Waals surface area contributed by atoms with Crippen molar-refractivity contribution in [3.05, 3.63) is 28.8 Å². The van der Waals surface area contributed by atoms with E-state index in [0.29, 0.717) is 0 Å².